The summed E-state index contributed by atoms with van der Waals surface area (Å²) < 4.78 is 28.0. The van der Waals surface area contributed by atoms with Crippen LogP contribution in [0.5, 0.6) is 0 Å². The van der Waals surface area contributed by atoms with Gasteiger partial charge in [0.2, 0.25) is 5.91 Å². The normalized spacial score (nSPS) is 11.7. The average molecular weight is 447 g/mol. The molecule has 33 heavy (non-hydrogen) atoms. The molecule has 0 aliphatic rings. The number of pyridine rings is 1. The fourth-order valence-corrected chi connectivity index (χ4v) is 3.39. The first-order valence-corrected chi connectivity index (χ1v) is 10.0. The van der Waals surface area contributed by atoms with Gasteiger partial charge in [-0.2, -0.15) is 5.10 Å². The van der Waals surface area contributed by atoms with E-state index in [1.807, 2.05) is 0 Å². The van der Waals surface area contributed by atoms with Crippen molar-refractivity contribution < 1.29 is 18.4 Å². The molecule has 166 valence electrons. The first kappa shape index (κ1) is 21.8. The van der Waals surface area contributed by atoms with E-state index < -0.39 is 29.5 Å². The maximum absolute atomic E-state index is 14.8. The molecular weight excluding hydrogens is 428 g/mol. The second kappa shape index (κ2) is 9.39. The van der Waals surface area contributed by atoms with E-state index in [9.17, 15) is 18.4 Å². The highest BCUT2D eigenvalue weighted by Gasteiger charge is 2.24. The molecule has 0 fully saturated rings. The summed E-state index contributed by atoms with van der Waals surface area (Å²) in [6.45, 7) is 0. The molecule has 1 unspecified atom stereocenters. The summed E-state index contributed by atoms with van der Waals surface area (Å²) in [5, 5.41) is 9.44. The lowest BCUT2D eigenvalue weighted by molar-refractivity contribution is -0.119. The van der Waals surface area contributed by atoms with Crippen LogP contribution < -0.4 is 11.1 Å². The Morgan fingerprint density at radius 2 is 1.82 bits per heavy atom. The van der Waals surface area contributed by atoms with Gasteiger partial charge in [0.05, 0.1) is 17.0 Å². The van der Waals surface area contributed by atoms with E-state index in [1.54, 1.807) is 42.6 Å². The third-order valence-corrected chi connectivity index (χ3v) is 5.03. The summed E-state index contributed by atoms with van der Waals surface area (Å²) in [6.07, 6.45) is 1.65. The minimum atomic E-state index is -1.04. The lowest BCUT2D eigenvalue weighted by Gasteiger charge is -2.16. The number of benzene rings is 2. The number of nitrogens with zero attached hydrogens (tertiary/aromatic N) is 2. The number of nitrogens with one attached hydrogen (secondary N) is 2. The summed E-state index contributed by atoms with van der Waals surface area (Å²) in [4.78, 5) is 29.1. The van der Waals surface area contributed by atoms with Crippen molar-refractivity contribution in [2.45, 2.75) is 12.5 Å². The standard InChI is InChI=1S/C24H19F2N5O2/c25-15-9-7-14(8-10-15)19-13-20(31-30-19)22-17(5-3-6-18(22)26)24(33)29-21(23(27)32)12-16-4-1-2-11-28-16/h1-11,13,21H,12H2,(H2,27,32)(H,29,33)(H,30,31). The predicted octanol–water partition coefficient (Wildman–Crippen LogP) is 3.24. The molecule has 4 rings (SSSR count). The number of aromatic amines is 1. The van der Waals surface area contributed by atoms with E-state index in [0.717, 1.165) is 0 Å². The molecule has 1 atom stereocenters. The van der Waals surface area contributed by atoms with Crippen molar-refractivity contribution in [3.63, 3.8) is 0 Å². The molecule has 0 saturated carbocycles. The number of carbonyl (C=O) groups excluding carboxylic acids is 2. The van der Waals surface area contributed by atoms with E-state index in [2.05, 4.69) is 20.5 Å². The molecule has 0 spiro atoms. The van der Waals surface area contributed by atoms with Crippen LogP contribution in [0.1, 0.15) is 16.1 Å². The maximum Gasteiger partial charge on any atom is 0.252 e. The van der Waals surface area contributed by atoms with Crippen LogP contribution in [0.3, 0.4) is 0 Å². The number of carbonyl (C=O) groups is 2. The number of primary amides is 1. The van der Waals surface area contributed by atoms with E-state index in [4.69, 9.17) is 5.73 Å². The van der Waals surface area contributed by atoms with Gasteiger partial charge in [0.25, 0.3) is 5.91 Å². The zero-order valence-electron chi connectivity index (χ0n) is 17.3. The van der Waals surface area contributed by atoms with Crippen LogP contribution in [0, 0.1) is 11.6 Å². The van der Waals surface area contributed by atoms with E-state index >= 15 is 0 Å². The van der Waals surface area contributed by atoms with Crippen molar-refractivity contribution in [2.24, 2.45) is 5.73 Å². The summed E-state index contributed by atoms with van der Waals surface area (Å²) in [5.41, 5.74) is 7.33. The Labute approximate surface area is 187 Å². The number of halogens is 2. The Morgan fingerprint density at radius 1 is 1.03 bits per heavy atom. The van der Waals surface area contributed by atoms with Gasteiger partial charge in [0, 0.05) is 29.4 Å². The number of amides is 2. The number of nitrogens with two attached hydrogens (primary N) is 1. The number of aromatic nitrogens is 3. The zero-order chi connectivity index (χ0) is 23.4. The summed E-state index contributed by atoms with van der Waals surface area (Å²) >= 11 is 0. The molecule has 0 bridgehead atoms. The fourth-order valence-electron chi connectivity index (χ4n) is 3.39. The van der Waals surface area contributed by atoms with E-state index in [-0.39, 0.29) is 23.2 Å². The number of hydrogen-bond donors (Lipinski definition) is 3. The first-order chi connectivity index (χ1) is 15.9. The zero-order valence-corrected chi connectivity index (χ0v) is 17.3. The fraction of sp³-hybridized carbons (Fsp3) is 0.0833. The molecule has 0 aliphatic carbocycles. The van der Waals surface area contributed by atoms with Crippen LogP contribution in [0.2, 0.25) is 0 Å². The minimum absolute atomic E-state index is 0.00317. The number of rotatable bonds is 7. The number of H-pyrrole nitrogens is 1. The highest BCUT2D eigenvalue weighted by atomic mass is 19.1. The number of hydrogen-bond acceptors (Lipinski definition) is 4. The van der Waals surface area contributed by atoms with Crippen molar-refractivity contribution in [2.75, 3.05) is 0 Å². The predicted molar refractivity (Wildman–Crippen MR) is 118 cm³/mol. The van der Waals surface area contributed by atoms with Gasteiger partial charge in [0.15, 0.2) is 0 Å². The van der Waals surface area contributed by atoms with Gasteiger partial charge >= 0.3 is 0 Å². The topological polar surface area (TPSA) is 114 Å². The summed E-state index contributed by atoms with van der Waals surface area (Å²) in [5.74, 6) is -2.47. The van der Waals surface area contributed by atoms with Crippen molar-refractivity contribution in [1.82, 2.24) is 20.5 Å². The van der Waals surface area contributed by atoms with Crippen LogP contribution in [0.25, 0.3) is 22.5 Å². The van der Waals surface area contributed by atoms with Crippen LogP contribution in [0.15, 0.2) is 72.9 Å². The molecule has 0 radical (unpaired) electrons. The molecular formula is C24H19F2N5O2. The third kappa shape index (κ3) is 4.93. The Balaban J connectivity index is 1.63. The van der Waals surface area contributed by atoms with Crippen LogP contribution >= 0.6 is 0 Å². The Kier molecular flexibility index (Phi) is 6.21. The molecule has 7 nitrogen and oxygen atoms in total. The van der Waals surface area contributed by atoms with Gasteiger partial charge in [-0.1, -0.05) is 12.1 Å². The summed E-state index contributed by atoms with van der Waals surface area (Å²) in [7, 11) is 0. The Hall–Kier alpha value is -4.40. The second-order valence-electron chi connectivity index (χ2n) is 7.29. The molecule has 2 aromatic carbocycles. The monoisotopic (exact) mass is 447 g/mol. The van der Waals surface area contributed by atoms with Crippen molar-refractivity contribution in [3.8, 4) is 22.5 Å². The van der Waals surface area contributed by atoms with Crippen molar-refractivity contribution >= 4 is 11.8 Å². The Bertz CT molecular complexity index is 1290. The molecule has 0 aliphatic heterocycles. The molecule has 2 heterocycles. The van der Waals surface area contributed by atoms with Gasteiger partial charge in [-0.25, -0.2) is 8.78 Å². The van der Waals surface area contributed by atoms with Gasteiger partial charge in [-0.05, 0) is 54.6 Å². The highest BCUT2D eigenvalue weighted by Crippen LogP contribution is 2.29. The molecule has 0 saturated heterocycles. The highest BCUT2D eigenvalue weighted by molar-refractivity contribution is 6.02. The molecule has 4 aromatic rings. The average Bonchev–Trinajstić information content (AvgIpc) is 3.29. The van der Waals surface area contributed by atoms with Gasteiger partial charge in [0.1, 0.15) is 17.7 Å². The van der Waals surface area contributed by atoms with E-state index in [1.165, 1.54) is 30.3 Å². The quantitative estimate of drug-likeness (QED) is 0.404. The molecule has 2 aromatic heterocycles. The van der Waals surface area contributed by atoms with Crippen molar-refractivity contribution in [3.05, 3.63) is 95.8 Å². The summed E-state index contributed by atoms with van der Waals surface area (Å²) in [6, 6.07) is 15.4. The lowest BCUT2D eigenvalue weighted by Crippen LogP contribution is -2.46. The van der Waals surface area contributed by atoms with Crippen LogP contribution in [0.4, 0.5) is 8.78 Å². The van der Waals surface area contributed by atoms with Gasteiger partial charge < -0.3 is 11.1 Å². The molecule has 4 N–H and O–H groups in total. The SMILES string of the molecule is NC(=O)C(Cc1ccccn1)NC(=O)c1cccc(F)c1-c1cc(-c2ccc(F)cc2)n[nH]1. The first-order valence-electron chi connectivity index (χ1n) is 10.0. The lowest BCUT2D eigenvalue weighted by atomic mass is 10.0. The third-order valence-electron chi connectivity index (χ3n) is 5.03. The minimum Gasteiger partial charge on any atom is -0.368 e. The smallest absolute Gasteiger partial charge is 0.252 e. The van der Waals surface area contributed by atoms with Crippen LogP contribution in [-0.4, -0.2) is 33.0 Å². The second-order valence-corrected chi connectivity index (χ2v) is 7.29. The van der Waals surface area contributed by atoms with Crippen molar-refractivity contribution in [1.29, 1.82) is 0 Å². The van der Waals surface area contributed by atoms with E-state index in [0.29, 0.717) is 17.0 Å². The van der Waals surface area contributed by atoms with Gasteiger partial charge in [-0.15, -0.1) is 0 Å². The maximum atomic E-state index is 14.8. The molecule has 2 amide bonds. The van der Waals surface area contributed by atoms with Crippen LogP contribution in [-0.2, 0) is 11.2 Å². The molecule has 9 heteroatoms. The Morgan fingerprint density at radius 3 is 2.52 bits per heavy atom. The largest absolute Gasteiger partial charge is 0.368 e. The van der Waals surface area contributed by atoms with Gasteiger partial charge in [-0.3, -0.25) is 19.7 Å².